The van der Waals surface area contributed by atoms with Crippen molar-refractivity contribution in [1.82, 2.24) is 9.97 Å². The van der Waals surface area contributed by atoms with Crippen molar-refractivity contribution >= 4 is 11.6 Å². The number of nitrogens with one attached hydrogen (secondary N) is 2. The molecule has 1 rings (SSSR count). The molecule has 0 atom stereocenters. The first-order chi connectivity index (χ1) is 7.72. The van der Waals surface area contributed by atoms with E-state index in [2.05, 4.69) is 20.6 Å². The molecular weight excluding hydrogens is 204 g/mol. The van der Waals surface area contributed by atoms with Gasteiger partial charge < -0.3 is 15.4 Å². The van der Waals surface area contributed by atoms with Crippen molar-refractivity contribution in [2.45, 2.75) is 20.3 Å². The molecule has 0 saturated heterocycles. The monoisotopic (exact) mass is 224 g/mol. The van der Waals surface area contributed by atoms with Gasteiger partial charge in [0.25, 0.3) is 0 Å². The van der Waals surface area contributed by atoms with Crippen molar-refractivity contribution in [1.29, 1.82) is 0 Å². The Morgan fingerprint density at radius 1 is 1.25 bits per heavy atom. The van der Waals surface area contributed by atoms with Crippen LogP contribution >= 0.6 is 0 Å². The number of hydrogen-bond acceptors (Lipinski definition) is 5. The lowest BCUT2D eigenvalue weighted by Crippen LogP contribution is -2.13. The van der Waals surface area contributed by atoms with Crippen LogP contribution in [0, 0.1) is 6.92 Å². The van der Waals surface area contributed by atoms with E-state index < -0.39 is 0 Å². The van der Waals surface area contributed by atoms with Gasteiger partial charge in [-0.2, -0.15) is 0 Å². The summed E-state index contributed by atoms with van der Waals surface area (Å²) in [5.41, 5.74) is 1.04. The maximum absolute atomic E-state index is 5.00. The first-order valence-electron chi connectivity index (χ1n) is 5.51. The topological polar surface area (TPSA) is 59.1 Å². The Balaban J connectivity index is 2.88. The molecule has 5 nitrogen and oxygen atoms in total. The third-order valence-electron chi connectivity index (χ3n) is 2.34. The zero-order valence-corrected chi connectivity index (χ0v) is 10.4. The van der Waals surface area contributed by atoms with Crippen LogP contribution in [0.4, 0.5) is 11.6 Å². The Morgan fingerprint density at radius 2 is 1.94 bits per heavy atom. The molecule has 0 amide bonds. The summed E-state index contributed by atoms with van der Waals surface area (Å²) in [6.45, 7) is 5.46. The summed E-state index contributed by atoms with van der Waals surface area (Å²) < 4.78 is 5.00. The number of nitrogens with zero attached hydrogens (tertiary/aromatic N) is 2. The van der Waals surface area contributed by atoms with E-state index in [-0.39, 0.29) is 0 Å². The number of hydrogen-bond donors (Lipinski definition) is 2. The molecule has 0 aliphatic rings. The number of aromatic nitrogens is 2. The molecule has 0 aliphatic heterocycles. The molecule has 2 N–H and O–H groups in total. The van der Waals surface area contributed by atoms with Crippen molar-refractivity contribution < 1.29 is 4.74 Å². The van der Waals surface area contributed by atoms with Crippen LogP contribution in [0.15, 0.2) is 0 Å². The fourth-order valence-electron chi connectivity index (χ4n) is 1.41. The standard InChI is InChI=1S/C11H20N4O/c1-5-9-14-10(12-3)8(2)11(15-9)13-6-7-16-4/h5-7H2,1-4H3,(H2,12,13,14,15). The van der Waals surface area contributed by atoms with Crippen LogP contribution in [0.25, 0.3) is 0 Å². The second kappa shape index (κ2) is 6.27. The van der Waals surface area contributed by atoms with Crippen molar-refractivity contribution in [3.8, 4) is 0 Å². The summed E-state index contributed by atoms with van der Waals surface area (Å²) in [7, 11) is 3.55. The zero-order valence-electron chi connectivity index (χ0n) is 10.4. The molecule has 0 radical (unpaired) electrons. The average molecular weight is 224 g/mol. The summed E-state index contributed by atoms with van der Waals surface area (Å²) in [4.78, 5) is 8.86. The lowest BCUT2D eigenvalue weighted by atomic mass is 10.3. The van der Waals surface area contributed by atoms with E-state index in [0.29, 0.717) is 6.61 Å². The van der Waals surface area contributed by atoms with Crippen molar-refractivity contribution in [2.24, 2.45) is 0 Å². The predicted molar refractivity (Wildman–Crippen MR) is 66.1 cm³/mol. The van der Waals surface area contributed by atoms with E-state index in [0.717, 1.165) is 36.0 Å². The molecule has 0 unspecified atom stereocenters. The van der Waals surface area contributed by atoms with E-state index in [9.17, 15) is 0 Å². The van der Waals surface area contributed by atoms with Crippen molar-refractivity contribution in [3.63, 3.8) is 0 Å². The van der Waals surface area contributed by atoms with Gasteiger partial charge in [-0.3, -0.25) is 0 Å². The zero-order chi connectivity index (χ0) is 12.0. The van der Waals surface area contributed by atoms with Crippen LogP contribution in [-0.4, -0.2) is 37.3 Å². The number of anilines is 2. The highest BCUT2D eigenvalue weighted by molar-refractivity contribution is 5.56. The van der Waals surface area contributed by atoms with Crippen molar-refractivity contribution in [2.75, 3.05) is 37.9 Å². The molecule has 0 aliphatic carbocycles. The normalized spacial score (nSPS) is 10.2. The summed E-state index contributed by atoms with van der Waals surface area (Å²) in [6.07, 6.45) is 0.827. The number of methoxy groups -OCH3 is 1. The third kappa shape index (κ3) is 3.06. The highest BCUT2D eigenvalue weighted by Gasteiger charge is 2.08. The van der Waals surface area contributed by atoms with Gasteiger partial charge in [0.15, 0.2) is 0 Å². The molecule has 90 valence electrons. The molecule has 0 spiro atoms. The van der Waals surface area contributed by atoms with Crippen LogP contribution in [0.1, 0.15) is 18.3 Å². The van der Waals surface area contributed by atoms with Crippen LogP contribution in [0.2, 0.25) is 0 Å². The van der Waals surface area contributed by atoms with Crippen LogP contribution in [0.3, 0.4) is 0 Å². The first-order valence-corrected chi connectivity index (χ1v) is 5.51. The second-order valence-electron chi connectivity index (χ2n) is 3.49. The van der Waals surface area contributed by atoms with Gasteiger partial charge in [0.2, 0.25) is 0 Å². The Hall–Kier alpha value is -1.36. The van der Waals surface area contributed by atoms with E-state index in [1.165, 1.54) is 0 Å². The molecule has 1 aromatic rings. The summed E-state index contributed by atoms with van der Waals surface area (Å²) in [5.74, 6) is 2.61. The second-order valence-corrected chi connectivity index (χ2v) is 3.49. The maximum atomic E-state index is 5.00. The molecule has 0 aromatic carbocycles. The van der Waals surface area contributed by atoms with Crippen molar-refractivity contribution in [3.05, 3.63) is 11.4 Å². The Labute approximate surface area is 96.6 Å². The smallest absolute Gasteiger partial charge is 0.134 e. The van der Waals surface area contributed by atoms with Gasteiger partial charge in [-0.05, 0) is 6.92 Å². The van der Waals surface area contributed by atoms with Gasteiger partial charge in [0, 0.05) is 32.7 Å². The first kappa shape index (κ1) is 12.7. The maximum Gasteiger partial charge on any atom is 0.134 e. The highest BCUT2D eigenvalue weighted by Crippen LogP contribution is 2.19. The minimum atomic E-state index is 0.666. The SMILES string of the molecule is CCc1nc(NC)c(C)c(NCCOC)n1. The molecular formula is C11H20N4O. The molecule has 1 aromatic heterocycles. The predicted octanol–water partition coefficient (Wildman–Crippen LogP) is 1.45. The molecule has 1 heterocycles. The van der Waals surface area contributed by atoms with Crippen LogP contribution < -0.4 is 10.6 Å². The van der Waals surface area contributed by atoms with Gasteiger partial charge in [0.1, 0.15) is 17.5 Å². The van der Waals surface area contributed by atoms with E-state index >= 15 is 0 Å². The fourth-order valence-corrected chi connectivity index (χ4v) is 1.41. The summed E-state index contributed by atoms with van der Waals surface area (Å²) in [5, 5.41) is 6.33. The molecule has 0 saturated carbocycles. The molecule has 0 bridgehead atoms. The van der Waals surface area contributed by atoms with Gasteiger partial charge in [0.05, 0.1) is 6.61 Å². The lowest BCUT2D eigenvalue weighted by molar-refractivity contribution is 0.210. The molecule has 0 fully saturated rings. The minimum absolute atomic E-state index is 0.666. The Bertz CT molecular complexity index is 341. The van der Waals surface area contributed by atoms with E-state index in [1.807, 2.05) is 20.9 Å². The molecule has 5 heteroatoms. The summed E-state index contributed by atoms with van der Waals surface area (Å²) >= 11 is 0. The minimum Gasteiger partial charge on any atom is -0.383 e. The number of ether oxygens (including phenoxy) is 1. The van der Waals surface area contributed by atoms with Gasteiger partial charge in [-0.1, -0.05) is 6.92 Å². The third-order valence-corrected chi connectivity index (χ3v) is 2.34. The largest absolute Gasteiger partial charge is 0.383 e. The number of rotatable bonds is 6. The van der Waals surface area contributed by atoms with Gasteiger partial charge in [-0.25, -0.2) is 9.97 Å². The molecule has 16 heavy (non-hydrogen) atoms. The Kier molecular flexibility index (Phi) is 4.98. The van der Waals surface area contributed by atoms with Gasteiger partial charge >= 0.3 is 0 Å². The van der Waals surface area contributed by atoms with Crippen LogP contribution in [-0.2, 0) is 11.2 Å². The van der Waals surface area contributed by atoms with E-state index in [1.54, 1.807) is 7.11 Å². The van der Waals surface area contributed by atoms with Crippen LogP contribution in [0.5, 0.6) is 0 Å². The number of aryl methyl sites for hydroxylation is 1. The quantitative estimate of drug-likeness (QED) is 0.716. The summed E-state index contributed by atoms with van der Waals surface area (Å²) in [6, 6.07) is 0. The van der Waals surface area contributed by atoms with Gasteiger partial charge in [-0.15, -0.1) is 0 Å². The fraction of sp³-hybridized carbons (Fsp3) is 0.636. The average Bonchev–Trinajstić information content (AvgIpc) is 2.31. The lowest BCUT2D eigenvalue weighted by Gasteiger charge is -2.12. The Morgan fingerprint density at radius 3 is 2.50 bits per heavy atom. The highest BCUT2D eigenvalue weighted by atomic mass is 16.5. The van der Waals surface area contributed by atoms with E-state index in [4.69, 9.17) is 4.74 Å².